The zero-order valence-electron chi connectivity index (χ0n) is 10.4. The summed E-state index contributed by atoms with van der Waals surface area (Å²) in [7, 11) is 0. The Kier molecular flexibility index (Phi) is 3.87. The van der Waals surface area contributed by atoms with E-state index in [0.717, 1.165) is 36.0 Å². The number of rotatable bonds is 2. The number of benzene rings is 1. The summed E-state index contributed by atoms with van der Waals surface area (Å²) in [5, 5.41) is 0. The zero-order chi connectivity index (χ0) is 12.4. The Bertz CT molecular complexity index is 422. The molecule has 1 amide bonds. The Morgan fingerprint density at radius 3 is 2.47 bits per heavy atom. The van der Waals surface area contributed by atoms with Crippen molar-refractivity contribution in [3.8, 4) is 0 Å². The van der Waals surface area contributed by atoms with Crippen molar-refractivity contribution in [2.24, 2.45) is 0 Å². The van der Waals surface area contributed by atoms with Crippen LogP contribution < -0.4 is 0 Å². The molecule has 3 heteroatoms. The van der Waals surface area contributed by atoms with Crippen LogP contribution in [0.25, 0.3) is 0 Å². The standard InChI is InChI=1S/C14H18BrNO/c1-10(2)11-7-12(9-13(15)8-11)14(17)16-5-3-4-6-16/h7-10H,3-6H2,1-2H3. The number of carbonyl (C=O) groups is 1. The predicted octanol–water partition coefficient (Wildman–Crippen LogP) is 3.81. The largest absolute Gasteiger partial charge is 0.339 e. The molecule has 0 aliphatic carbocycles. The predicted molar refractivity (Wildman–Crippen MR) is 73.4 cm³/mol. The molecular formula is C14H18BrNO. The van der Waals surface area contributed by atoms with Gasteiger partial charge < -0.3 is 4.90 Å². The molecule has 1 saturated heterocycles. The highest BCUT2D eigenvalue weighted by atomic mass is 79.9. The average Bonchev–Trinajstić information content (AvgIpc) is 2.80. The van der Waals surface area contributed by atoms with Gasteiger partial charge in [0.05, 0.1) is 0 Å². The maximum Gasteiger partial charge on any atom is 0.253 e. The van der Waals surface area contributed by atoms with Gasteiger partial charge in [-0.05, 0) is 42.5 Å². The summed E-state index contributed by atoms with van der Waals surface area (Å²) in [4.78, 5) is 14.2. The van der Waals surface area contributed by atoms with E-state index in [-0.39, 0.29) is 5.91 Å². The van der Waals surface area contributed by atoms with Crippen molar-refractivity contribution in [1.29, 1.82) is 0 Å². The van der Waals surface area contributed by atoms with Crippen molar-refractivity contribution in [1.82, 2.24) is 4.90 Å². The van der Waals surface area contributed by atoms with Crippen LogP contribution in [0.15, 0.2) is 22.7 Å². The van der Waals surface area contributed by atoms with Crippen LogP contribution in [-0.2, 0) is 0 Å². The first-order valence-corrected chi connectivity index (χ1v) is 6.97. The molecule has 0 unspecified atom stereocenters. The lowest BCUT2D eigenvalue weighted by atomic mass is 10.0. The van der Waals surface area contributed by atoms with Gasteiger partial charge in [-0.1, -0.05) is 29.8 Å². The molecule has 1 fully saturated rings. The van der Waals surface area contributed by atoms with Gasteiger partial charge in [0.1, 0.15) is 0 Å². The maximum atomic E-state index is 12.3. The maximum absolute atomic E-state index is 12.3. The minimum Gasteiger partial charge on any atom is -0.339 e. The van der Waals surface area contributed by atoms with E-state index >= 15 is 0 Å². The molecular weight excluding hydrogens is 278 g/mol. The average molecular weight is 296 g/mol. The molecule has 92 valence electrons. The van der Waals surface area contributed by atoms with Gasteiger partial charge in [0.15, 0.2) is 0 Å². The van der Waals surface area contributed by atoms with E-state index in [4.69, 9.17) is 0 Å². The molecule has 0 bridgehead atoms. The van der Waals surface area contributed by atoms with E-state index in [1.165, 1.54) is 5.56 Å². The molecule has 0 radical (unpaired) electrons. The van der Waals surface area contributed by atoms with Crippen LogP contribution in [0.5, 0.6) is 0 Å². The molecule has 1 aromatic carbocycles. The van der Waals surface area contributed by atoms with E-state index in [0.29, 0.717) is 5.92 Å². The third kappa shape index (κ3) is 2.89. The molecule has 2 nitrogen and oxygen atoms in total. The second-order valence-electron chi connectivity index (χ2n) is 4.93. The number of amides is 1. The smallest absolute Gasteiger partial charge is 0.253 e. The lowest BCUT2D eigenvalue weighted by Gasteiger charge is -2.16. The fourth-order valence-electron chi connectivity index (χ4n) is 2.17. The normalized spacial score (nSPS) is 15.6. The topological polar surface area (TPSA) is 20.3 Å². The summed E-state index contributed by atoms with van der Waals surface area (Å²) in [6, 6.07) is 6.04. The molecule has 0 aromatic heterocycles. The minimum atomic E-state index is 0.172. The molecule has 17 heavy (non-hydrogen) atoms. The van der Waals surface area contributed by atoms with Crippen molar-refractivity contribution < 1.29 is 4.79 Å². The lowest BCUT2D eigenvalue weighted by Crippen LogP contribution is -2.27. The Hall–Kier alpha value is -0.830. The zero-order valence-corrected chi connectivity index (χ0v) is 12.0. The van der Waals surface area contributed by atoms with Crippen LogP contribution in [0.2, 0.25) is 0 Å². The molecule has 0 N–H and O–H groups in total. The van der Waals surface area contributed by atoms with E-state index in [2.05, 4.69) is 35.8 Å². The van der Waals surface area contributed by atoms with Crippen molar-refractivity contribution in [3.05, 3.63) is 33.8 Å². The van der Waals surface area contributed by atoms with Crippen molar-refractivity contribution in [3.63, 3.8) is 0 Å². The van der Waals surface area contributed by atoms with Gasteiger partial charge in [0.2, 0.25) is 0 Å². The Morgan fingerprint density at radius 2 is 1.88 bits per heavy atom. The van der Waals surface area contributed by atoms with Crippen LogP contribution >= 0.6 is 15.9 Å². The number of hydrogen-bond acceptors (Lipinski definition) is 1. The van der Waals surface area contributed by atoms with Crippen LogP contribution in [-0.4, -0.2) is 23.9 Å². The highest BCUT2D eigenvalue weighted by molar-refractivity contribution is 9.10. The first-order chi connectivity index (χ1) is 8.08. The molecule has 1 aliphatic heterocycles. The Balaban J connectivity index is 2.28. The van der Waals surface area contributed by atoms with Crippen molar-refractivity contribution in [2.75, 3.05) is 13.1 Å². The molecule has 0 saturated carbocycles. The van der Waals surface area contributed by atoms with Gasteiger partial charge in [-0.2, -0.15) is 0 Å². The number of halogens is 1. The van der Waals surface area contributed by atoms with Gasteiger partial charge in [-0.3, -0.25) is 4.79 Å². The van der Waals surface area contributed by atoms with E-state index in [9.17, 15) is 4.79 Å². The number of hydrogen-bond donors (Lipinski definition) is 0. The SMILES string of the molecule is CC(C)c1cc(Br)cc(C(=O)N2CCCC2)c1. The first kappa shape index (κ1) is 12.6. The Labute approximate surface area is 111 Å². The monoisotopic (exact) mass is 295 g/mol. The lowest BCUT2D eigenvalue weighted by molar-refractivity contribution is 0.0792. The van der Waals surface area contributed by atoms with Gasteiger partial charge in [-0.15, -0.1) is 0 Å². The van der Waals surface area contributed by atoms with Gasteiger partial charge in [0, 0.05) is 23.1 Å². The van der Waals surface area contributed by atoms with Crippen LogP contribution in [0, 0.1) is 0 Å². The van der Waals surface area contributed by atoms with Gasteiger partial charge in [-0.25, -0.2) is 0 Å². The van der Waals surface area contributed by atoms with E-state index in [1.54, 1.807) is 0 Å². The van der Waals surface area contributed by atoms with Crippen molar-refractivity contribution >= 4 is 21.8 Å². The third-order valence-corrected chi connectivity index (χ3v) is 3.68. The fraction of sp³-hybridized carbons (Fsp3) is 0.500. The quantitative estimate of drug-likeness (QED) is 0.812. The van der Waals surface area contributed by atoms with Gasteiger partial charge in [0.25, 0.3) is 5.91 Å². The van der Waals surface area contributed by atoms with Crippen molar-refractivity contribution in [2.45, 2.75) is 32.6 Å². The molecule has 0 atom stereocenters. The minimum absolute atomic E-state index is 0.172. The fourth-order valence-corrected chi connectivity index (χ4v) is 2.68. The first-order valence-electron chi connectivity index (χ1n) is 6.17. The number of carbonyl (C=O) groups excluding carboxylic acids is 1. The molecule has 1 aliphatic rings. The third-order valence-electron chi connectivity index (χ3n) is 3.23. The number of nitrogens with zero attached hydrogens (tertiary/aromatic N) is 1. The highest BCUT2D eigenvalue weighted by Gasteiger charge is 2.20. The van der Waals surface area contributed by atoms with Crippen LogP contribution in [0.3, 0.4) is 0 Å². The molecule has 0 spiro atoms. The van der Waals surface area contributed by atoms with E-state index < -0.39 is 0 Å². The second-order valence-corrected chi connectivity index (χ2v) is 5.84. The van der Waals surface area contributed by atoms with Crippen LogP contribution in [0.1, 0.15) is 48.5 Å². The summed E-state index contributed by atoms with van der Waals surface area (Å²) in [5.41, 5.74) is 2.02. The summed E-state index contributed by atoms with van der Waals surface area (Å²) in [6.45, 7) is 6.10. The molecule has 1 heterocycles. The summed E-state index contributed by atoms with van der Waals surface area (Å²) in [5.74, 6) is 0.614. The molecule has 1 aromatic rings. The van der Waals surface area contributed by atoms with E-state index in [1.807, 2.05) is 17.0 Å². The van der Waals surface area contributed by atoms with Gasteiger partial charge >= 0.3 is 0 Å². The Morgan fingerprint density at radius 1 is 1.24 bits per heavy atom. The van der Waals surface area contributed by atoms with Crippen LogP contribution in [0.4, 0.5) is 0 Å². The second kappa shape index (κ2) is 5.21. The number of likely N-dealkylation sites (tertiary alicyclic amines) is 1. The molecule has 2 rings (SSSR count). The summed E-state index contributed by atoms with van der Waals surface area (Å²) >= 11 is 3.49. The summed E-state index contributed by atoms with van der Waals surface area (Å²) < 4.78 is 0.992. The highest BCUT2D eigenvalue weighted by Crippen LogP contribution is 2.23. The summed E-state index contributed by atoms with van der Waals surface area (Å²) in [6.07, 6.45) is 2.27.